The molecule has 2 aromatic carbocycles. The minimum atomic E-state index is -0.282. The highest BCUT2D eigenvalue weighted by Gasteiger charge is 2.35. The number of carbonyl (C=O) groups excluding carboxylic acids is 3. The Labute approximate surface area is 185 Å². The van der Waals surface area contributed by atoms with Crippen LogP contribution in [-0.4, -0.2) is 58.2 Å². The second-order valence-electron chi connectivity index (χ2n) is 8.12. The van der Waals surface area contributed by atoms with Crippen molar-refractivity contribution in [2.75, 3.05) is 19.6 Å². The summed E-state index contributed by atoms with van der Waals surface area (Å²) < 4.78 is 6.01. The van der Waals surface area contributed by atoms with Crippen molar-refractivity contribution in [2.24, 2.45) is 0 Å². The Balaban J connectivity index is 1.11. The number of imide groups is 1. The molecular weight excluding hydrogens is 406 g/mol. The lowest BCUT2D eigenvalue weighted by atomic mass is 10.1. The highest BCUT2D eigenvalue weighted by molar-refractivity contribution is 6.21. The summed E-state index contributed by atoms with van der Waals surface area (Å²) in [5.41, 5.74) is 1.75. The maximum absolute atomic E-state index is 12.6. The molecular formula is C25H23N3O4. The van der Waals surface area contributed by atoms with E-state index in [1.54, 1.807) is 29.2 Å². The fourth-order valence-corrected chi connectivity index (χ4v) is 4.32. The zero-order chi connectivity index (χ0) is 22.1. The maximum atomic E-state index is 12.6. The van der Waals surface area contributed by atoms with E-state index in [-0.39, 0.29) is 36.8 Å². The van der Waals surface area contributed by atoms with Crippen LogP contribution < -0.4 is 4.74 Å². The van der Waals surface area contributed by atoms with E-state index in [4.69, 9.17) is 4.74 Å². The normalized spacial score (nSPS) is 17.8. The molecule has 0 aliphatic carbocycles. The number of nitrogens with zero attached hydrogens (tertiary/aromatic N) is 3. The van der Waals surface area contributed by atoms with Crippen molar-refractivity contribution >= 4 is 28.6 Å². The summed E-state index contributed by atoms with van der Waals surface area (Å²) in [7, 11) is 0. The topological polar surface area (TPSA) is 79.8 Å². The number of aromatic nitrogens is 1. The van der Waals surface area contributed by atoms with Gasteiger partial charge in [0.15, 0.2) is 0 Å². The first-order valence-electron chi connectivity index (χ1n) is 10.9. The minimum Gasteiger partial charge on any atom is -0.472 e. The van der Waals surface area contributed by atoms with Crippen LogP contribution in [0.4, 0.5) is 0 Å². The molecule has 0 N–H and O–H groups in total. The SMILES string of the molecule is O=C(CCCN1C(=O)c2ccccc2C1=O)N1CCC(Oc2ccc3ccccc3n2)C1. The molecule has 1 aromatic heterocycles. The van der Waals surface area contributed by atoms with E-state index in [1.807, 2.05) is 36.4 Å². The van der Waals surface area contributed by atoms with Gasteiger partial charge in [0.05, 0.1) is 23.2 Å². The minimum absolute atomic E-state index is 0.0131. The molecule has 0 saturated carbocycles. The quantitative estimate of drug-likeness (QED) is 0.562. The van der Waals surface area contributed by atoms with Crippen LogP contribution in [0, 0.1) is 0 Å². The van der Waals surface area contributed by atoms with Crippen molar-refractivity contribution < 1.29 is 19.1 Å². The number of ether oxygens (including phenoxy) is 1. The summed E-state index contributed by atoms with van der Waals surface area (Å²) in [6.07, 6.45) is 1.38. The van der Waals surface area contributed by atoms with Gasteiger partial charge in [-0.1, -0.05) is 30.3 Å². The molecule has 3 heterocycles. The molecule has 32 heavy (non-hydrogen) atoms. The van der Waals surface area contributed by atoms with Crippen LogP contribution in [0.5, 0.6) is 5.88 Å². The molecule has 1 atom stereocenters. The maximum Gasteiger partial charge on any atom is 0.261 e. The molecule has 0 spiro atoms. The van der Waals surface area contributed by atoms with E-state index in [0.29, 0.717) is 36.5 Å². The highest BCUT2D eigenvalue weighted by atomic mass is 16.5. The average molecular weight is 429 g/mol. The van der Waals surface area contributed by atoms with Gasteiger partial charge in [-0.25, -0.2) is 4.98 Å². The first-order valence-corrected chi connectivity index (χ1v) is 10.9. The molecule has 7 nitrogen and oxygen atoms in total. The number of rotatable bonds is 6. The molecule has 1 saturated heterocycles. The van der Waals surface area contributed by atoms with Gasteiger partial charge in [-0.3, -0.25) is 19.3 Å². The predicted octanol–water partition coefficient (Wildman–Crippen LogP) is 3.29. The fourth-order valence-electron chi connectivity index (χ4n) is 4.32. The van der Waals surface area contributed by atoms with Crippen LogP contribution in [0.3, 0.4) is 0 Å². The third kappa shape index (κ3) is 3.82. The Morgan fingerprint density at radius 1 is 0.969 bits per heavy atom. The van der Waals surface area contributed by atoms with E-state index in [2.05, 4.69) is 4.98 Å². The number of benzene rings is 2. The molecule has 162 valence electrons. The summed E-state index contributed by atoms with van der Waals surface area (Å²) in [5.74, 6) is 0.0129. The Bertz CT molecular complexity index is 1170. The van der Waals surface area contributed by atoms with Crippen molar-refractivity contribution in [3.8, 4) is 5.88 Å². The number of fused-ring (bicyclic) bond motifs is 2. The van der Waals surface area contributed by atoms with Gasteiger partial charge in [0, 0.05) is 37.4 Å². The van der Waals surface area contributed by atoms with Gasteiger partial charge < -0.3 is 9.64 Å². The Hall–Kier alpha value is -3.74. The summed E-state index contributed by atoms with van der Waals surface area (Å²) >= 11 is 0. The summed E-state index contributed by atoms with van der Waals surface area (Å²) in [4.78, 5) is 45.0. The molecule has 1 fully saturated rings. The monoisotopic (exact) mass is 429 g/mol. The lowest BCUT2D eigenvalue weighted by molar-refractivity contribution is -0.130. The van der Waals surface area contributed by atoms with Crippen molar-refractivity contribution in [1.82, 2.24) is 14.8 Å². The molecule has 5 rings (SSSR count). The first kappa shape index (κ1) is 20.2. The number of pyridine rings is 1. The van der Waals surface area contributed by atoms with E-state index in [1.165, 1.54) is 4.90 Å². The Kier molecular flexibility index (Phi) is 5.31. The molecule has 2 aliphatic rings. The molecule has 7 heteroatoms. The lowest BCUT2D eigenvalue weighted by Crippen LogP contribution is -2.33. The summed E-state index contributed by atoms with van der Waals surface area (Å²) in [6, 6.07) is 18.5. The van der Waals surface area contributed by atoms with Crippen molar-refractivity contribution in [3.63, 3.8) is 0 Å². The average Bonchev–Trinajstić information content (AvgIpc) is 3.38. The predicted molar refractivity (Wildman–Crippen MR) is 118 cm³/mol. The number of hydrogen-bond acceptors (Lipinski definition) is 5. The van der Waals surface area contributed by atoms with E-state index < -0.39 is 0 Å². The van der Waals surface area contributed by atoms with Gasteiger partial charge in [0.2, 0.25) is 11.8 Å². The number of hydrogen-bond donors (Lipinski definition) is 0. The largest absolute Gasteiger partial charge is 0.472 e. The van der Waals surface area contributed by atoms with Gasteiger partial charge in [0.25, 0.3) is 11.8 Å². The van der Waals surface area contributed by atoms with Crippen molar-refractivity contribution in [3.05, 3.63) is 71.8 Å². The third-order valence-corrected chi connectivity index (χ3v) is 6.01. The van der Waals surface area contributed by atoms with E-state index in [0.717, 1.165) is 17.3 Å². The molecule has 3 amide bonds. The highest BCUT2D eigenvalue weighted by Crippen LogP contribution is 2.24. The van der Waals surface area contributed by atoms with Crippen LogP contribution in [0.2, 0.25) is 0 Å². The molecule has 2 aliphatic heterocycles. The van der Waals surface area contributed by atoms with Crippen molar-refractivity contribution in [1.29, 1.82) is 0 Å². The zero-order valence-corrected chi connectivity index (χ0v) is 17.6. The molecule has 0 bridgehead atoms. The lowest BCUT2D eigenvalue weighted by Gasteiger charge is -2.18. The van der Waals surface area contributed by atoms with Gasteiger partial charge in [-0.2, -0.15) is 0 Å². The van der Waals surface area contributed by atoms with E-state index in [9.17, 15) is 14.4 Å². The second-order valence-corrected chi connectivity index (χ2v) is 8.12. The number of carbonyl (C=O) groups is 3. The standard InChI is InChI=1S/C25H23N3O4/c29-23(10-5-14-28-24(30)19-7-2-3-8-20(19)25(28)31)27-15-13-18(16-27)32-22-12-11-17-6-1-4-9-21(17)26-22/h1-4,6-9,11-12,18H,5,10,13-16H2. The summed E-state index contributed by atoms with van der Waals surface area (Å²) in [6.45, 7) is 1.39. The zero-order valence-electron chi connectivity index (χ0n) is 17.6. The molecule has 1 unspecified atom stereocenters. The molecule has 0 radical (unpaired) electrons. The fraction of sp³-hybridized carbons (Fsp3) is 0.280. The van der Waals surface area contributed by atoms with Gasteiger partial charge in [-0.15, -0.1) is 0 Å². The Morgan fingerprint density at radius 3 is 2.47 bits per heavy atom. The van der Waals surface area contributed by atoms with Crippen LogP contribution >= 0.6 is 0 Å². The molecule has 3 aromatic rings. The van der Waals surface area contributed by atoms with Crippen LogP contribution in [0.1, 0.15) is 40.0 Å². The van der Waals surface area contributed by atoms with Gasteiger partial charge in [0.1, 0.15) is 6.10 Å². The van der Waals surface area contributed by atoms with Crippen molar-refractivity contribution in [2.45, 2.75) is 25.4 Å². The van der Waals surface area contributed by atoms with Crippen LogP contribution in [0.25, 0.3) is 10.9 Å². The second kappa shape index (κ2) is 8.42. The first-order chi connectivity index (χ1) is 15.6. The smallest absolute Gasteiger partial charge is 0.261 e. The Morgan fingerprint density at radius 2 is 1.69 bits per heavy atom. The number of amides is 3. The number of para-hydroxylation sites is 1. The van der Waals surface area contributed by atoms with Gasteiger partial charge >= 0.3 is 0 Å². The third-order valence-electron chi connectivity index (χ3n) is 6.01. The summed E-state index contributed by atoms with van der Waals surface area (Å²) in [5, 5.41) is 1.06. The van der Waals surface area contributed by atoms with Crippen LogP contribution in [-0.2, 0) is 4.79 Å². The van der Waals surface area contributed by atoms with Crippen LogP contribution in [0.15, 0.2) is 60.7 Å². The van der Waals surface area contributed by atoms with E-state index >= 15 is 0 Å². The van der Waals surface area contributed by atoms with Gasteiger partial charge in [-0.05, 0) is 30.7 Å². The number of likely N-dealkylation sites (tertiary alicyclic amines) is 1.